The second-order valence-electron chi connectivity index (χ2n) is 4.40. The zero-order valence-electron chi connectivity index (χ0n) is 8.57. The van der Waals surface area contributed by atoms with Crippen molar-refractivity contribution in [2.75, 3.05) is 19.3 Å². The smallest absolute Gasteiger partial charge is 0.211 e. The molecule has 0 radical (unpaired) electrons. The summed E-state index contributed by atoms with van der Waals surface area (Å²) >= 11 is 0. The number of sulfonamides is 1. The largest absolute Gasteiger partial charge is 0.310 e. The fourth-order valence-electron chi connectivity index (χ4n) is 1.96. The summed E-state index contributed by atoms with van der Waals surface area (Å²) in [6, 6.07) is 1.05. The topological polar surface area (TPSA) is 49.4 Å². The van der Waals surface area contributed by atoms with Gasteiger partial charge in [-0.15, -0.1) is 0 Å². The Morgan fingerprint density at radius 1 is 1.21 bits per heavy atom. The van der Waals surface area contributed by atoms with Crippen LogP contribution in [0.3, 0.4) is 0 Å². The lowest BCUT2D eigenvalue weighted by Crippen LogP contribution is -2.48. The van der Waals surface area contributed by atoms with Gasteiger partial charge in [0.1, 0.15) is 0 Å². The van der Waals surface area contributed by atoms with Crippen molar-refractivity contribution in [2.24, 2.45) is 0 Å². The quantitative estimate of drug-likeness (QED) is 0.734. The highest BCUT2D eigenvalue weighted by Gasteiger charge is 2.30. The summed E-state index contributed by atoms with van der Waals surface area (Å²) in [5.74, 6) is 0. The van der Waals surface area contributed by atoms with E-state index in [1.54, 1.807) is 4.31 Å². The van der Waals surface area contributed by atoms with E-state index in [-0.39, 0.29) is 0 Å². The van der Waals surface area contributed by atoms with Gasteiger partial charge in [-0.05, 0) is 25.7 Å². The zero-order chi connectivity index (χ0) is 10.2. The molecule has 1 saturated heterocycles. The number of hydrogen-bond donors (Lipinski definition) is 1. The molecule has 2 rings (SSSR count). The Morgan fingerprint density at radius 2 is 1.93 bits per heavy atom. The molecule has 2 fully saturated rings. The maximum absolute atomic E-state index is 11.3. The first-order valence-corrected chi connectivity index (χ1v) is 7.12. The molecule has 0 aromatic carbocycles. The van der Waals surface area contributed by atoms with Gasteiger partial charge in [0.05, 0.1) is 6.26 Å². The van der Waals surface area contributed by atoms with Gasteiger partial charge in [-0.2, -0.15) is 0 Å². The molecule has 14 heavy (non-hydrogen) atoms. The summed E-state index contributed by atoms with van der Waals surface area (Å²) in [5, 5.41) is 3.49. The molecule has 1 heterocycles. The molecule has 1 N–H and O–H groups in total. The average molecular weight is 218 g/mol. The third-order valence-corrected chi connectivity index (χ3v) is 4.17. The third-order valence-electron chi connectivity index (χ3n) is 2.90. The Hall–Kier alpha value is -0.130. The van der Waals surface area contributed by atoms with Crippen LogP contribution in [-0.2, 0) is 10.0 Å². The highest BCUT2D eigenvalue weighted by molar-refractivity contribution is 7.88. The van der Waals surface area contributed by atoms with Crippen LogP contribution in [0.1, 0.15) is 25.7 Å². The lowest BCUT2D eigenvalue weighted by molar-refractivity contribution is 0.283. The number of nitrogens with zero attached hydrogens (tertiary/aromatic N) is 1. The van der Waals surface area contributed by atoms with Crippen molar-refractivity contribution >= 4 is 10.0 Å². The highest BCUT2D eigenvalue weighted by atomic mass is 32.2. The van der Waals surface area contributed by atoms with Gasteiger partial charge in [0.15, 0.2) is 0 Å². The molecule has 4 nitrogen and oxygen atoms in total. The summed E-state index contributed by atoms with van der Waals surface area (Å²) in [7, 11) is -2.98. The van der Waals surface area contributed by atoms with Gasteiger partial charge < -0.3 is 5.32 Å². The number of rotatable bonds is 3. The normalized spacial score (nSPS) is 30.5. The van der Waals surface area contributed by atoms with E-state index >= 15 is 0 Å². The number of piperidine rings is 1. The van der Waals surface area contributed by atoms with Crippen LogP contribution in [0.5, 0.6) is 0 Å². The van der Waals surface area contributed by atoms with E-state index < -0.39 is 10.0 Å². The Balaban J connectivity index is 1.89. The predicted octanol–water partition coefficient (Wildman–Crippen LogP) is 0.162. The molecular weight excluding hydrogens is 200 g/mol. The minimum Gasteiger partial charge on any atom is -0.310 e. The first-order valence-electron chi connectivity index (χ1n) is 5.27. The highest BCUT2D eigenvalue weighted by Crippen LogP contribution is 2.22. The SMILES string of the molecule is CS(=O)(=O)N1CCCC(NC2CC2)C1. The van der Waals surface area contributed by atoms with Crippen molar-refractivity contribution in [2.45, 2.75) is 37.8 Å². The molecule has 1 saturated carbocycles. The first-order chi connectivity index (χ1) is 6.55. The molecular formula is C9H18N2O2S. The maximum atomic E-state index is 11.3. The van der Waals surface area contributed by atoms with Gasteiger partial charge in [0.2, 0.25) is 10.0 Å². The molecule has 1 atom stereocenters. The van der Waals surface area contributed by atoms with Crippen LogP contribution >= 0.6 is 0 Å². The Bertz CT molecular complexity index is 298. The summed E-state index contributed by atoms with van der Waals surface area (Å²) in [5.41, 5.74) is 0. The van der Waals surface area contributed by atoms with Gasteiger partial charge in [-0.25, -0.2) is 12.7 Å². The van der Waals surface area contributed by atoms with Crippen molar-refractivity contribution in [1.82, 2.24) is 9.62 Å². The predicted molar refractivity (Wildman–Crippen MR) is 55.6 cm³/mol. The summed E-state index contributed by atoms with van der Waals surface area (Å²) in [6.07, 6.45) is 5.91. The minimum atomic E-state index is -2.98. The maximum Gasteiger partial charge on any atom is 0.211 e. The second kappa shape index (κ2) is 3.79. The van der Waals surface area contributed by atoms with Crippen LogP contribution in [0.15, 0.2) is 0 Å². The Labute approximate surface area is 85.7 Å². The summed E-state index contributed by atoms with van der Waals surface area (Å²) < 4.78 is 24.3. The van der Waals surface area contributed by atoms with Crippen molar-refractivity contribution in [3.8, 4) is 0 Å². The molecule has 1 aliphatic carbocycles. The second-order valence-corrected chi connectivity index (χ2v) is 6.38. The van der Waals surface area contributed by atoms with E-state index in [0.717, 1.165) is 12.8 Å². The van der Waals surface area contributed by atoms with Crippen LogP contribution in [0.4, 0.5) is 0 Å². The Kier molecular flexibility index (Phi) is 2.81. The van der Waals surface area contributed by atoms with Crippen LogP contribution in [0, 0.1) is 0 Å². The summed E-state index contributed by atoms with van der Waals surface area (Å²) in [4.78, 5) is 0. The monoisotopic (exact) mass is 218 g/mol. The van der Waals surface area contributed by atoms with Gasteiger partial charge in [0, 0.05) is 25.2 Å². The van der Waals surface area contributed by atoms with E-state index in [4.69, 9.17) is 0 Å². The zero-order valence-corrected chi connectivity index (χ0v) is 9.39. The van der Waals surface area contributed by atoms with E-state index in [0.29, 0.717) is 25.2 Å². The average Bonchev–Trinajstić information content (AvgIpc) is 2.87. The summed E-state index contributed by atoms with van der Waals surface area (Å²) in [6.45, 7) is 1.36. The van der Waals surface area contributed by atoms with Crippen molar-refractivity contribution in [3.05, 3.63) is 0 Å². The molecule has 2 aliphatic rings. The van der Waals surface area contributed by atoms with Gasteiger partial charge in [0.25, 0.3) is 0 Å². The molecule has 5 heteroatoms. The third kappa shape index (κ3) is 2.68. The lowest BCUT2D eigenvalue weighted by Gasteiger charge is -2.31. The molecule has 0 bridgehead atoms. The van der Waals surface area contributed by atoms with Crippen LogP contribution in [0.2, 0.25) is 0 Å². The molecule has 1 unspecified atom stereocenters. The molecule has 1 aliphatic heterocycles. The van der Waals surface area contributed by atoms with Gasteiger partial charge >= 0.3 is 0 Å². The van der Waals surface area contributed by atoms with Crippen molar-refractivity contribution < 1.29 is 8.42 Å². The first kappa shape index (κ1) is 10.4. The van der Waals surface area contributed by atoms with Crippen molar-refractivity contribution in [3.63, 3.8) is 0 Å². The van der Waals surface area contributed by atoms with Gasteiger partial charge in [-0.1, -0.05) is 0 Å². The van der Waals surface area contributed by atoms with Crippen LogP contribution in [-0.4, -0.2) is 44.2 Å². The Morgan fingerprint density at radius 3 is 2.50 bits per heavy atom. The molecule has 0 amide bonds. The van der Waals surface area contributed by atoms with Gasteiger partial charge in [-0.3, -0.25) is 0 Å². The van der Waals surface area contributed by atoms with E-state index in [2.05, 4.69) is 5.32 Å². The number of nitrogens with one attached hydrogen (secondary N) is 1. The molecule has 0 aromatic heterocycles. The molecule has 82 valence electrons. The molecule has 0 aromatic rings. The number of hydrogen-bond acceptors (Lipinski definition) is 3. The lowest BCUT2D eigenvalue weighted by atomic mass is 10.1. The van der Waals surface area contributed by atoms with Crippen molar-refractivity contribution in [1.29, 1.82) is 0 Å². The van der Waals surface area contributed by atoms with Crippen LogP contribution < -0.4 is 5.32 Å². The van der Waals surface area contributed by atoms with E-state index in [1.165, 1.54) is 19.1 Å². The fraction of sp³-hybridized carbons (Fsp3) is 1.00. The van der Waals surface area contributed by atoms with E-state index in [1.807, 2.05) is 0 Å². The minimum absolute atomic E-state index is 0.381. The van der Waals surface area contributed by atoms with E-state index in [9.17, 15) is 8.42 Å². The fourth-order valence-corrected chi connectivity index (χ4v) is 2.87. The van der Waals surface area contributed by atoms with Crippen LogP contribution in [0.25, 0.3) is 0 Å². The molecule has 0 spiro atoms. The standard InChI is InChI=1S/C9H18N2O2S/c1-14(12,13)11-6-2-3-9(7-11)10-8-4-5-8/h8-10H,2-7H2,1H3.